The first kappa shape index (κ1) is 21.8. The fourth-order valence-electron chi connectivity index (χ4n) is 2.71. The number of nitrogens with zero attached hydrogens (tertiary/aromatic N) is 4. The van der Waals surface area contributed by atoms with Gasteiger partial charge >= 0.3 is 0 Å². The molecule has 12 heteroatoms. The number of alkyl halides is 2. The summed E-state index contributed by atoms with van der Waals surface area (Å²) in [6, 6.07) is 5.50. The molecule has 0 aliphatic rings. The van der Waals surface area contributed by atoms with E-state index in [1.165, 1.54) is 29.3 Å². The van der Waals surface area contributed by atoms with Crippen molar-refractivity contribution in [3.63, 3.8) is 0 Å². The second-order valence-electron chi connectivity index (χ2n) is 6.39. The number of amidine groups is 1. The lowest BCUT2D eigenvalue weighted by atomic mass is 10.2. The third kappa shape index (κ3) is 5.38. The Morgan fingerprint density at radius 3 is 2.87 bits per heavy atom. The van der Waals surface area contributed by atoms with Crippen LogP contribution in [-0.2, 0) is 0 Å². The zero-order valence-electron chi connectivity index (χ0n) is 15.8. The number of likely N-dealkylation sites (N-methyl/N-ethyl adjacent to an activating group) is 1. The van der Waals surface area contributed by atoms with Gasteiger partial charge in [0.05, 0.1) is 22.8 Å². The Bertz CT molecular complexity index is 1040. The standard InChI is InChI=1S/C18H19ClF3N7O/c1-29(9-14(21)22)7-6-24-18-26-15-11(4-5-23-17(15)27-18)16(28-30)25-10-2-3-13(20)12(19)8-10/h2-5,8,14,30H,6-7,9H2,1H3,(H,25,28)(H2,23,24,26,27). The number of pyridine rings is 1. The molecule has 2 heterocycles. The van der Waals surface area contributed by atoms with Crippen molar-refractivity contribution in [2.45, 2.75) is 6.43 Å². The van der Waals surface area contributed by atoms with Crippen molar-refractivity contribution in [1.29, 1.82) is 0 Å². The predicted molar refractivity (Wildman–Crippen MR) is 108 cm³/mol. The number of fused-ring (bicyclic) bond motifs is 1. The van der Waals surface area contributed by atoms with Crippen molar-refractivity contribution in [2.24, 2.45) is 4.99 Å². The maximum absolute atomic E-state index is 13.4. The van der Waals surface area contributed by atoms with Gasteiger partial charge in [-0.05, 0) is 31.3 Å². The summed E-state index contributed by atoms with van der Waals surface area (Å²) in [5.74, 6) is -0.127. The third-order valence-corrected chi connectivity index (χ3v) is 4.42. The number of hydrogen-bond donors (Lipinski definition) is 4. The Hall–Kier alpha value is -2.89. The highest BCUT2D eigenvalue weighted by molar-refractivity contribution is 6.31. The molecule has 0 saturated heterocycles. The molecule has 0 bridgehead atoms. The zero-order chi connectivity index (χ0) is 21.7. The minimum absolute atomic E-state index is 0.0666. The summed E-state index contributed by atoms with van der Waals surface area (Å²) in [5, 5.41) is 12.5. The maximum Gasteiger partial charge on any atom is 0.251 e. The van der Waals surface area contributed by atoms with Crippen LogP contribution < -0.4 is 10.8 Å². The summed E-state index contributed by atoms with van der Waals surface area (Å²) in [4.78, 5) is 17.2. The summed E-state index contributed by atoms with van der Waals surface area (Å²) in [6.45, 7) is 0.451. The topological polar surface area (TPSA) is 101 Å². The molecule has 0 amide bonds. The Kier molecular flexibility index (Phi) is 7.08. The molecule has 0 spiro atoms. The predicted octanol–water partition coefficient (Wildman–Crippen LogP) is 3.42. The second-order valence-corrected chi connectivity index (χ2v) is 6.80. The normalized spacial score (nSPS) is 12.2. The molecule has 30 heavy (non-hydrogen) atoms. The first-order chi connectivity index (χ1) is 14.4. The quantitative estimate of drug-likeness (QED) is 0.243. The van der Waals surface area contributed by atoms with Crippen LogP contribution in [0.25, 0.3) is 11.2 Å². The number of halogens is 4. The van der Waals surface area contributed by atoms with Crippen LogP contribution in [0.5, 0.6) is 0 Å². The van der Waals surface area contributed by atoms with Gasteiger partial charge < -0.3 is 10.3 Å². The minimum atomic E-state index is -2.40. The van der Waals surface area contributed by atoms with Crippen LogP contribution in [0.3, 0.4) is 0 Å². The average Bonchev–Trinajstić information content (AvgIpc) is 3.11. The Labute approximate surface area is 174 Å². The molecule has 0 saturated carbocycles. The van der Waals surface area contributed by atoms with E-state index in [9.17, 15) is 18.4 Å². The van der Waals surface area contributed by atoms with Gasteiger partial charge in [0, 0.05) is 24.8 Å². The molecule has 3 aromatic rings. The largest absolute Gasteiger partial charge is 0.354 e. The molecular formula is C18H19ClF3N7O. The van der Waals surface area contributed by atoms with Gasteiger partial charge in [0.1, 0.15) is 5.82 Å². The van der Waals surface area contributed by atoms with Crippen molar-refractivity contribution in [2.75, 3.05) is 32.0 Å². The molecule has 160 valence electrons. The number of hydroxylamine groups is 1. The van der Waals surface area contributed by atoms with E-state index in [0.717, 1.165) is 0 Å². The van der Waals surface area contributed by atoms with Gasteiger partial charge in [-0.25, -0.2) is 23.1 Å². The molecule has 4 N–H and O–H groups in total. The van der Waals surface area contributed by atoms with Crippen LogP contribution in [-0.4, -0.2) is 64.0 Å². The molecule has 0 aliphatic heterocycles. The van der Waals surface area contributed by atoms with Gasteiger partial charge in [0.25, 0.3) is 6.43 Å². The van der Waals surface area contributed by atoms with E-state index < -0.39 is 12.2 Å². The first-order valence-corrected chi connectivity index (χ1v) is 9.24. The van der Waals surface area contributed by atoms with Gasteiger partial charge in [-0.2, -0.15) is 4.98 Å². The van der Waals surface area contributed by atoms with Gasteiger partial charge in [-0.1, -0.05) is 11.6 Å². The van der Waals surface area contributed by atoms with Crippen LogP contribution in [0.2, 0.25) is 5.02 Å². The van der Waals surface area contributed by atoms with Gasteiger partial charge in [-0.15, -0.1) is 0 Å². The highest BCUT2D eigenvalue weighted by atomic mass is 35.5. The monoisotopic (exact) mass is 441 g/mol. The number of hydrogen-bond acceptors (Lipinski definition) is 6. The van der Waals surface area contributed by atoms with Crippen LogP contribution in [0.4, 0.5) is 24.8 Å². The molecule has 0 fully saturated rings. The van der Waals surface area contributed by atoms with Gasteiger partial charge in [0.2, 0.25) is 5.95 Å². The van der Waals surface area contributed by atoms with Crippen molar-refractivity contribution in [3.05, 3.63) is 46.9 Å². The molecule has 0 radical (unpaired) electrons. The van der Waals surface area contributed by atoms with Crippen molar-refractivity contribution in [3.8, 4) is 0 Å². The highest BCUT2D eigenvalue weighted by Crippen LogP contribution is 2.23. The maximum atomic E-state index is 13.4. The number of aliphatic imine (C=N–C) groups is 1. The molecule has 3 rings (SSSR count). The van der Waals surface area contributed by atoms with Crippen LogP contribution >= 0.6 is 11.6 Å². The summed E-state index contributed by atoms with van der Waals surface area (Å²) in [7, 11) is 1.60. The van der Waals surface area contributed by atoms with E-state index in [4.69, 9.17) is 11.6 Å². The fraction of sp³-hybridized carbons (Fsp3) is 0.278. The van der Waals surface area contributed by atoms with E-state index in [1.807, 2.05) is 5.48 Å². The third-order valence-electron chi connectivity index (χ3n) is 4.13. The lowest BCUT2D eigenvalue weighted by Crippen LogP contribution is -2.29. The van der Waals surface area contributed by atoms with E-state index in [-0.39, 0.29) is 17.4 Å². The van der Waals surface area contributed by atoms with Gasteiger partial charge in [0.15, 0.2) is 11.5 Å². The Balaban J connectivity index is 1.82. The van der Waals surface area contributed by atoms with Crippen molar-refractivity contribution < 1.29 is 18.4 Å². The number of anilines is 1. The van der Waals surface area contributed by atoms with E-state index in [2.05, 4.69) is 25.3 Å². The number of rotatable bonds is 8. The number of H-pyrrole nitrogens is 1. The lowest BCUT2D eigenvalue weighted by molar-refractivity contribution is 0.102. The molecule has 0 unspecified atom stereocenters. The van der Waals surface area contributed by atoms with Crippen LogP contribution in [0.15, 0.2) is 35.5 Å². The summed E-state index contributed by atoms with van der Waals surface area (Å²) >= 11 is 5.78. The van der Waals surface area contributed by atoms with Crippen molar-refractivity contribution in [1.82, 2.24) is 25.3 Å². The second kappa shape index (κ2) is 9.74. The smallest absolute Gasteiger partial charge is 0.251 e. The number of aromatic amines is 1. The SMILES string of the molecule is CN(CCNc1nc2nccc(C(=Nc3ccc(F)c(Cl)c3)NO)c2[nH]1)CC(F)F. The molecule has 1 aromatic carbocycles. The van der Waals surface area contributed by atoms with E-state index in [1.54, 1.807) is 13.1 Å². The average molecular weight is 442 g/mol. The fourth-order valence-corrected chi connectivity index (χ4v) is 2.89. The minimum Gasteiger partial charge on any atom is -0.354 e. The number of nitrogens with one attached hydrogen (secondary N) is 3. The highest BCUT2D eigenvalue weighted by Gasteiger charge is 2.14. The number of benzene rings is 1. The van der Waals surface area contributed by atoms with Crippen LogP contribution in [0, 0.1) is 5.82 Å². The van der Waals surface area contributed by atoms with E-state index >= 15 is 0 Å². The molecule has 0 aliphatic carbocycles. The Morgan fingerprint density at radius 1 is 1.37 bits per heavy atom. The van der Waals surface area contributed by atoms with Crippen LogP contribution in [0.1, 0.15) is 5.56 Å². The molecule has 0 atom stereocenters. The summed E-state index contributed by atoms with van der Waals surface area (Å²) < 4.78 is 38.1. The van der Waals surface area contributed by atoms with Crippen molar-refractivity contribution >= 4 is 40.2 Å². The van der Waals surface area contributed by atoms with Gasteiger partial charge in [-0.3, -0.25) is 15.6 Å². The molecule has 2 aromatic heterocycles. The first-order valence-electron chi connectivity index (χ1n) is 8.87. The molecular weight excluding hydrogens is 423 g/mol. The van der Waals surface area contributed by atoms with E-state index in [0.29, 0.717) is 41.5 Å². The lowest BCUT2D eigenvalue weighted by Gasteiger charge is -2.15. The molecule has 8 nitrogen and oxygen atoms in total. The number of aromatic nitrogens is 3. The number of imidazole rings is 1. The summed E-state index contributed by atoms with van der Waals surface area (Å²) in [6.07, 6.45) is -0.906. The zero-order valence-corrected chi connectivity index (χ0v) is 16.6. The summed E-state index contributed by atoms with van der Waals surface area (Å²) in [5.41, 5.74) is 3.64. The Morgan fingerprint density at radius 2 is 2.17 bits per heavy atom.